The summed E-state index contributed by atoms with van der Waals surface area (Å²) in [6, 6.07) is 8.16. The van der Waals surface area contributed by atoms with E-state index in [1.165, 1.54) is 25.7 Å². The number of carbonyl (C=O) groups is 1. The summed E-state index contributed by atoms with van der Waals surface area (Å²) in [5, 5.41) is 10.2. The van der Waals surface area contributed by atoms with Crippen molar-refractivity contribution in [2.24, 2.45) is 0 Å². The average Bonchev–Trinajstić information content (AvgIpc) is 2.87. The topological polar surface area (TPSA) is 57.8 Å². The second-order valence-electron chi connectivity index (χ2n) is 5.83. The number of H-pyrrole nitrogens is 1. The van der Waals surface area contributed by atoms with Crippen molar-refractivity contribution in [2.45, 2.75) is 44.6 Å². The van der Waals surface area contributed by atoms with Gasteiger partial charge in [0.2, 0.25) is 0 Å². The number of nitrogens with zero attached hydrogens (tertiary/aromatic N) is 1. The fourth-order valence-corrected chi connectivity index (χ4v) is 3.41. The Labute approximate surface area is 138 Å². The first kappa shape index (κ1) is 15.3. The van der Waals surface area contributed by atoms with Gasteiger partial charge in [0.25, 0.3) is 5.91 Å². The van der Waals surface area contributed by atoms with Crippen LogP contribution in [0.1, 0.15) is 48.9 Å². The molecule has 1 saturated carbocycles. The Bertz CT molecular complexity index is 645. The van der Waals surface area contributed by atoms with E-state index >= 15 is 0 Å². The third kappa shape index (κ3) is 3.58. The summed E-state index contributed by atoms with van der Waals surface area (Å²) in [7, 11) is 0. The van der Waals surface area contributed by atoms with Crippen LogP contribution in [-0.2, 0) is 0 Å². The van der Waals surface area contributed by atoms with Crippen molar-refractivity contribution >= 4 is 21.8 Å². The van der Waals surface area contributed by atoms with Gasteiger partial charge in [-0.05, 0) is 25.0 Å². The molecule has 1 amide bonds. The van der Waals surface area contributed by atoms with Crippen LogP contribution in [-0.4, -0.2) is 22.1 Å². The molecule has 4 nitrogen and oxygen atoms in total. The van der Waals surface area contributed by atoms with Crippen LogP contribution in [0.25, 0.3) is 11.3 Å². The van der Waals surface area contributed by atoms with Crippen molar-refractivity contribution in [3.8, 4) is 11.3 Å². The molecule has 0 bridgehead atoms. The molecule has 0 atom stereocenters. The van der Waals surface area contributed by atoms with E-state index in [-0.39, 0.29) is 5.91 Å². The van der Waals surface area contributed by atoms with E-state index in [4.69, 9.17) is 0 Å². The lowest BCUT2D eigenvalue weighted by Gasteiger charge is -2.16. The Morgan fingerprint density at radius 2 is 2.00 bits per heavy atom. The SMILES string of the molecule is O=C(NC1CCCCCC1)c1cn[nH]c1-c1cccc(Br)c1. The van der Waals surface area contributed by atoms with Crippen LogP contribution in [0.5, 0.6) is 0 Å². The van der Waals surface area contributed by atoms with Gasteiger partial charge in [-0.2, -0.15) is 5.10 Å². The molecule has 1 aromatic heterocycles. The summed E-state index contributed by atoms with van der Waals surface area (Å²) in [4.78, 5) is 12.6. The van der Waals surface area contributed by atoms with Crippen molar-refractivity contribution in [1.82, 2.24) is 15.5 Å². The highest BCUT2D eigenvalue weighted by Gasteiger charge is 2.19. The first-order valence-electron chi connectivity index (χ1n) is 7.84. The van der Waals surface area contributed by atoms with E-state index in [2.05, 4.69) is 31.4 Å². The molecular formula is C17H20BrN3O. The molecule has 5 heteroatoms. The number of hydrogen-bond acceptors (Lipinski definition) is 2. The lowest BCUT2D eigenvalue weighted by Crippen LogP contribution is -2.34. The van der Waals surface area contributed by atoms with Gasteiger partial charge in [0.1, 0.15) is 0 Å². The molecule has 116 valence electrons. The van der Waals surface area contributed by atoms with Crippen molar-refractivity contribution in [1.29, 1.82) is 0 Å². The first-order chi connectivity index (χ1) is 10.7. The van der Waals surface area contributed by atoms with Gasteiger partial charge in [0.15, 0.2) is 0 Å². The zero-order valence-electron chi connectivity index (χ0n) is 12.4. The number of amides is 1. The number of rotatable bonds is 3. The zero-order chi connectivity index (χ0) is 15.4. The summed E-state index contributed by atoms with van der Waals surface area (Å²) in [5.74, 6) is -0.0318. The van der Waals surface area contributed by atoms with Crippen LogP contribution in [0.2, 0.25) is 0 Å². The molecule has 0 unspecified atom stereocenters. The summed E-state index contributed by atoms with van der Waals surface area (Å²) in [6.07, 6.45) is 8.74. The maximum atomic E-state index is 12.6. The van der Waals surface area contributed by atoms with Gasteiger partial charge >= 0.3 is 0 Å². The van der Waals surface area contributed by atoms with Gasteiger partial charge in [-0.15, -0.1) is 0 Å². The van der Waals surface area contributed by atoms with Crippen LogP contribution in [0.4, 0.5) is 0 Å². The fraction of sp³-hybridized carbons (Fsp3) is 0.412. The minimum absolute atomic E-state index is 0.0318. The average molecular weight is 362 g/mol. The lowest BCUT2D eigenvalue weighted by atomic mass is 10.1. The number of nitrogens with one attached hydrogen (secondary N) is 2. The molecule has 0 aliphatic heterocycles. The number of hydrogen-bond donors (Lipinski definition) is 2. The van der Waals surface area contributed by atoms with E-state index in [1.54, 1.807) is 6.20 Å². The van der Waals surface area contributed by atoms with Crippen LogP contribution in [0, 0.1) is 0 Å². The maximum absolute atomic E-state index is 12.6. The van der Waals surface area contributed by atoms with E-state index in [0.717, 1.165) is 28.6 Å². The highest BCUT2D eigenvalue weighted by Crippen LogP contribution is 2.25. The van der Waals surface area contributed by atoms with Crippen LogP contribution in [0.3, 0.4) is 0 Å². The van der Waals surface area contributed by atoms with Crippen LogP contribution < -0.4 is 5.32 Å². The van der Waals surface area contributed by atoms with E-state index in [9.17, 15) is 4.79 Å². The van der Waals surface area contributed by atoms with Gasteiger partial charge in [-0.25, -0.2) is 0 Å². The van der Waals surface area contributed by atoms with Crippen LogP contribution >= 0.6 is 15.9 Å². The summed E-state index contributed by atoms with van der Waals surface area (Å²) < 4.78 is 0.981. The molecule has 1 aliphatic carbocycles. The molecule has 2 aromatic rings. The van der Waals surface area contributed by atoms with E-state index in [0.29, 0.717) is 11.6 Å². The zero-order valence-corrected chi connectivity index (χ0v) is 14.0. The Kier molecular flexibility index (Phi) is 4.93. The number of aromatic amines is 1. The fourth-order valence-electron chi connectivity index (χ4n) is 3.01. The Morgan fingerprint density at radius 3 is 2.73 bits per heavy atom. The predicted molar refractivity (Wildman–Crippen MR) is 90.7 cm³/mol. The Balaban J connectivity index is 1.77. The molecular weight excluding hydrogens is 342 g/mol. The summed E-state index contributed by atoms with van der Waals surface area (Å²) in [5.41, 5.74) is 2.34. The standard InChI is InChI=1S/C17H20BrN3O/c18-13-7-5-6-12(10-13)16-15(11-19-21-16)17(22)20-14-8-3-1-2-4-9-14/h5-7,10-11,14H,1-4,8-9H2,(H,19,21)(H,20,22). The second-order valence-corrected chi connectivity index (χ2v) is 6.75. The monoisotopic (exact) mass is 361 g/mol. The first-order valence-corrected chi connectivity index (χ1v) is 8.63. The largest absolute Gasteiger partial charge is 0.349 e. The molecule has 1 aromatic carbocycles. The van der Waals surface area contributed by atoms with Crippen molar-refractivity contribution < 1.29 is 4.79 Å². The Hall–Kier alpha value is -1.62. The van der Waals surface area contributed by atoms with E-state index in [1.807, 2.05) is 24.3 Å². The number of carbonyl (C=O) groups excluding carboxylic acids is 1. The molecule has 22 heavy (non-hydrogen) atoms. The molecule has 1 fully saturated rings. The summed E-state index contributed by atoms with van der Waals surface area (Å²) >= 11 is 3.46. The minimum atomic E-state index is -0.0318. The van der Waals surface area contributed by atoms with Crippen molar-refractivity contribution in [2.75, 3.05) is 0 Å². The van der Waals surface area contributed by atoms with Gasteiger partial charge in [0, 0.05) is 16.1 Å². The van der Waals surface area contributed by atoms with Crippen molar-refractivity contribution in [3.63, 3.8) is 0 Å². The molecule has 3 rings (SSSR count). The molecule has 2 N–H and O–H groups in total. The van der Waals surface area contributed by atoms with Gasteiger partial charge < -0.3 is 5.32 Å². The second kappa shape index (κ2) is 7.09. The normalized spacial score (nSPS) is 16.2. The summed E-state index contributed by atoms with van der Waals surface area (Å²) in [6.45, 7) is 0. The number of benzene rings is 1. The lowest BCUT2D eigenvalue weighted by molar-refractivity contribution is 0.0934. The minimum Gasteiger partial charge on any atom is -0.349 e. The van der Waals surface area contributed by atoms with Crippen LogP contribution in [0.15, 0.2) is 34.9 Å². The quantitative estimate of drug-likeness (QED) is 0.801. The van der Waals surface area contributed by atoms with Gasteiger partial charge in [0.05, 0.1) is 17.5 Å². The van der Waals surface area contributed by atoms with Crippen molar-refractivity contribution in [3.05, 3.63) is 40.5 Å². The molecule has 1 heterocycles. The predicted octanol–water partition coefficient (Wildman–Crippen LogP) is 4.29. The van der Waals surface area contributed by atoms with Gasteiger partial charge in [-0.1, -0.05) is 53.7 Å². The Morgan fingerprint density at radius 1 is 1.23 bits per heavy atom. The molecule has 1 aliphatic rings. The maximum Gasteiger partial charge on any atom is 0.255 e. The van der Waals surface area contributed by atoms with E-state index < -0.39 is 0 Å². The number of aromatic nitrogens is 2. The highest BCUT2D eigenvalue weighted by molar-refractivity contribution is 9.10. The number of halogens is 1. The molecule has 0 spiro atoms. The molecule has 0 radical (unpaired) electrons. The third-order valence-corrected chi connectivity index (χ3v) is 4.68. The third-order valence-electron chi connectivity index (χ3n) is 4.19. The smallest absolute Gasteiger partial charge is 0.255 e. The molecule has 0 saturated heterocycles. The van der Waals surface area contributed by atoms with Gasteiger partial charge in [-0.3, -0.25) is 9.89 Å². The highest BCUT2D eigenvalue weighted by atomic mass is 79.9.